The maximum absolute atomic E-state index is 13.7. The van der Waals surface area contributed by atoms with E-state index >= 15 is 0 Å². The van der Waals surface area contributed by atoms with Crippen LogP contribution in [0.15, 0.2) is 88.2 Å². The number of aromatic nitrogens is 1. The van der Waals surface area contributed by atoms with Gasteiger partial charge in [-0.2, -0.15) is 0 Å². The Morgan fingerprint density at radius 3 is 2.56 bits per heavy atom. The van der Waals surface area contributed by atoms with Crippen LogP contribution < -0.4 is 19.6 Å². The van der Waals surface area contributed by atoms with Crippen molar-refractivity contribution in [3.63, 3.8) is 0 Å². The van der Waals surface area contributed by atoms with Crippen LogP contribution in [-0.4, -0.2) is 11.7 Å². The van der Waals surface area contributed by atoms with Gasteiger partial charge in [0.1, 0.15) is 11.6 Å². The molecule has 1 aliphatic heterocycles. The van der Waals surface area contributed by atoms with E-state index in [1.165, 1.54) is 29.0 Å². The van der Waals surface area contributed by atoms with Gasteiger partial charge in [-0.3, -0.25) is 9.36 Å². The molecule has 6 rings (SSSR count). The van der Waals surface area contributed by atoms with Crippen LogP contribution in [0.25, 0.3) is 11.8 Å². The summed E-state index contributed by atoms with van der Waals surface area (Å²) in [6.07, 6.45) is 3.58. The monoisotopic (exact) mass is 468 g/mol. The van der Waals surface area contributed by atoms with Gasteiger partial charge < -0.3 is 4.74 Å². The van der Waals surface area contributed by atoms with Crippen molar-refractivity contribution in [1.29, 1.82) is 0 Å². The number of ether oxygens (including phenoxy) is 1. The molecule has 0 fully saturated rings. The van der Waals surface area contributed by atoms with Crippen molar-refractivity contribution in [3.8, 4) is 5.75 Å². The molecular formula is C28H21FN2O2S. The summed E-state index contributed by atoms with van der Waals surface area (Å²) in [5.74, 6) is 0.472. The largest absolute Gasteiger partial charge is 0.497 e. The van der Waals surface area contributed by atoms with E-state index in [1.807, 2.05) is 42.5 Å². The summed E-state index contributed by atoms with van der Waals surface area (Å²) in [4.78, 5) is 19.3. The summed E-state index contributed by atoms with van der Waals surface area (Å²) in [5, 5.41) is 0. The zero-order valence-corrected chi connectivity index (χ0v) is 19.3. The summed E-state index contributed by atoms with van der Waals surface area (Å²) in [5.41, 5.74) is 6.14. The van der Waals surface area contributed by atoms with Crippen molar-refractivity contribution in [2.75, 3.05) is 7.11 Å². The second-order valence-electron chi connectivity index (χ2n) is 8.44. The molecule has 2 heterocycles. The van der Waals surface area contributed by atoms with Crippen LogP contribution in [0.3, 0.4) is 0 Å². The molecule has 3 aromatic carbocycles. The molecule has 1 aromatic heterocycles. The predicted octanol–water partition coefficient (Wildman–Crippen LogP) is 4.47. The molecule has 4 nitrogen and oxygen atoms in total. The molecule has 0 N–H and O–H groups in total. The molecule has 1 atom stereocenters. The third-order valence-electron chi connectivity index (χ3n) is 6.47. The number of hydrogen-bond acceptors (Lipinski definition) is 4. The Bertz CT molecular complexity index is 1610. The molecule has 6 heteroatoms. The third-order valence-corrected chi connectivity index (χ3v) is 7.46. The highest BCUT2D eigenvalue weighted by Gasteiger charge is 2.32. The van der Waals surface area contributed by atoms with Gasteiger partial charge in [0.2, 0.25) is 0 Å². The Morgan fingerprint density at radius 1 is 1.03 bits per heavy atom. The molecule has 0 amide bonds. The quantitative estimate of drug-likeness (QED) is 0.446. The molecule has 0 saturated carbocycles. The van der Waals surface area contributed by atoms with Crippen molar-refractivity contribution in [2.45, 2.75) is 18.9 Å². The van der Waals surface area contributed by atoms with Gasteiger partial charge >= 0.3 is 0 Å². The lowest BCUT2D eigenvalue weighted by Crippen LogP contribution is -2.38. The number of thiazole rings is 1. The van der Waals surface area contributed by atoms with Crippen LogP contribution in [0.5, 0.6) is 5.75 Å². The van der Waals surface area contributed by atoms with E-state index in [-0.39, 0.29) is 17.4 Å². The highest BCUT2D eigenvalue weighted by molar-refractivity contribution is 7.07. The Balaban J connectivity index is 1.59. The number of nitrogens with zero attached hydrogens (tertiary/aromatic N) is 2. The summed E-state index contributed by atoms with van der Waals surface area (Å²) >= 11 is 1.39. The summed E-state index contributed by atoms with van der Waals surface area (Å²) in [6, 6.07) is 22.1. The number of fused-ring (bicyclic) bond motifs is 3. The minimum Gasteiger partial charge on any atom is -0.497 e. The fourth-order valence-electron chi connectivity index (χ4n) is 4.82. The van der Waals surface area contributed by atoms with E-state index in [4.69, 9.17) is 9.73 Å². The van der Waals surface area contributed by atoms with Gasteiger partial charge in [0.05, 0.1) is 23.4 Å². The molecular weight excluding hydrogens is 447 g/mol. The lowest BCUT2D eigenvalue weighted by atomic mass is 9.83. The van der Waals surface area contributed by atoms with E-state index in [0.717, 1.165) is 46.6 Å². The smallest absolute Gasteiger partial charge is 0.271 e. The maximum atomic E-state index is 13.7. The molecule has 4 aromatic rings. The molecule has 1 aliphatic carbocycles. The van der Waals surface area contributed by atoms with Gasteiger partial charge in [0, 0.05) is 5.56 Å². The fourth-order valence-corrected chi connectivity index (χ4v) is 5.82. The van der Waals surface area contributed by atoms with E-state index < -0.39 is 0 Å². The molecule has 34 heavy (non-hydrogen) atoms. The molecule has 0 radical (unpaired) electrons. The molecule has 0 saturated heterocycles. The zero-order chi connectivity index (χ0) is 23.2. The Morgan fingerprint density at radius 2 is 1.79 bits per heavy atom. The molecule has 1 unspecified atom stereocenters. The number of hydrogen-bond donors (Lipinski definition) is 0. The highest BCUT2D eigenvalue weighted by Crippen LogP contribution is 2.41. The minimum atomic E-state index is -0.307. The van der Waals surface area contributed by atoms with Crippen molar-refractivity contribution in [1.82, 2.24) is 4.57 Å². The first-order chi connectivity index (χ1) is 16.6. The average Bonchev–Trinajstić information content (AvgIpc) is 3.18. The van der Waals surface area contributed by atoms with Gasteiger partial charge in [-0.15, -0.1) is 0 Å². The molecule has 2 aliphatic rings. The topological polar surface area (TPSA) is 43.6 Å². The van der Waals surface area contributed by atoms with Crippen LogP contribution >= 0.6 is 11.3 Å². The first kappa shape index (κ1) is 20.8. The summed E-state index contributed by atoms with van der Waals surface area (Å²) in [6.45, 7) is 0. The lowest BCUT2D eigenvalue weighted by molar-refractivity contribution is 0.415. The number of benzene rings is 3. The number of methoxy groups -OCH3 is 1. The predicted molar refractivity (Wildman–Crippen MR) is 132 cm³/mol. The van der Waals surface area contributed by atoms with Gasteiger partial charge in [0.25, 0.3) is 5.56 Å². The average molecular weight is 469 g/mol. The zero-order valence-electron chi connectivity index (χ0n) is 18.5. The molecule has 0 bridgehead atoms. The van der Waals surface area contributed by atoms with Gasteiger partial charge in [-0.1, -0.05) is 59.9 Å². The first-order valence-electron chi connectivity index (χ1n) is 11.1. The van der Waals surface area contributed by atoms with Gasteiger partial charge in [-0.05, 0) is 65.4 Å². The van der Waals surface area contributed by atoms with Crippen LogP contribution in [0, 0.1) is 5.82 Å². The van der Waals surface area contributed by atoms with Crippen molar-refractivity contribution >= 4 is 23.1 Å². The van der Waals surface area contributed by atoms with E-state index in [0.29, 0.717) is 9.33 Å². The first-order valence-corrected chi connectivity index (χ1v) is 12.0. The summed E-state index contributed by atoms with van der Waals surface area (Å²) in [7, 11) is 1.63. The van der Waals surface area contributed by atoms with Crippen molar-refractivity contribution < 1.29 is 9.13 Å². The van der Waals surface area contributed by atoms with Gasteiger partial charge in [-0.25, -0.2) is 9.38 Å². The van der Waals surface area contributed by atoms with Crippen LogP contribution in [0.1, 0.15) is 34.7 Å². The normalized spacial score (nSPS) is 17.0. The number of rotatable bonds is 3. The lowest BCUT2D eigenvalue weighted by Gasteiger charge is -2.30. The Labute approximate surface area is 199 Å². The standard InChI is InChI=1S/C28H21FN2O2S/c1-33-21-13-6-17(7-14-21)16-24-27(32)31-26(19-8-11-20(29)12-9-19)23-15-10-18-4-2-3-5-22(18)25(23)30-28(31)34-24/h2-9,11-14,16,26H,10,15H2,1H3. The maximum Gasteiger partial charge on any atom is 0.271 e. The van der Waals surface area contributed by atoms with Crippen LogP contribution in [-0.2, 0) is 6.42 Å². The molecule has 0 spiro atoms. The number of allylic oxidation sites excluding steroid dienone is 1. The summed E-state index contributed by atoms with van der Waals surface area (Å²) < 4.78 is 21.4. The van der Waals surface area contributed by atoms with E-state index in [1.54, 1.807) is 23.8 Å². The second kappa shape index (κ2) is 8.22. The van der Waals surface area contributed by atoms with E-state index in [2.05, 4.69) is 12.1 Å². The van der Waals surface area contributed by atoms with Crippen molar-refractivity contribution in [3.05, 3.63) is 126 Å². The Kier molecular flexibility index (Phi) is 5.03. The fraction of sp³-hybridized carbons (Fsp3) is 0.143. The third kappa shape index (κ3) is 3.42. The minimum absolute atomic E-state index is 0.0840. The number of aryl methyl sites for hydroxylation is 1. The van der Waals surface area contributed by atoms with Crippen LogP contribution in [0.4, 0.5) is 4.39 Å². The second-order valence-corrected chi connectivity index (χ2v) is 9.45. The SMILES string of the molecule is COc1ccc(C=c2sc3n(c2=O)C(c2ccc(F)cc2)C2=C(N=3)c3ccccc3CC2)cc1. The Hall–Kier alpha value is -3.77. The highest BCUT2D eigenvalue weighted by atomic mass is 32.1. The van der Waals surface area contributed by atoms with Crippen molar-refractivity contribution in [2.24, 2.45) is 4.99 Å². The number of halogens is 1. The van der Waals surface area contributed by atoms with Gasteiger partial charge in [0.15, 0.2) is 4.80 Å². The van der Waals surface area contributed by atoms with E-state index in [9.17, 15) is 9.18 Å². The molecule has 168 valence electrons. The van der Waals surface area contributed by atoms with Crippen LogP contribution in [0.2, 0.25) is 0 Å².